The Morgan fingerprint density at radius 1 is 1.38 bits per heavy atom. The van der Waals surface area contributed by atoms with Gasteiger partial charge < -0.3 is 14.7 Å². The minimum absolute atomic E-state index is 0.497. The summed E-state index contributed by atoms with van der Waals surface area (Å²) < 4.78 is 5.30. The Bertz CT molecular complexity index is 148. The van der Waals surface area contributed by atoms with Crippen LogP contribution in [0.1, 0.15) is 26.2 Å². The van der Waals surface area contributed by atoms with E-state index in [4.69, 9.17) is 4.74 Å². The normalized spacial score (nSPS) is 31.6. The fourth-order valence-corrected chi connectivity index (χ4v) is 1.75. The first-order chi connectivity index (χ1) is 6.16. The van der Waals surface area contributed by atoms with Gasteiger partial charge in [0, 0.05) is 13.2 Å². The van der Waals surface area contributed by atoms with Crippen molar-refractivity contribution >= 4 is 0 Å². The first-order valence-electron chi connectivity index (χ1n) is 5.15. The Hall–Kier alpha value is -0.120. The monoisotopic (exact) mass is 187 g/mol. The summed E-state index contributed by atoms with van der Waals surface area (Å²) in [7, 11) is 2.10. The summed E-state index contributed by atoms with van der Waals surface area (Å²) in [5.41, 5.74) is -0.569. The van der Waals surface area contributed by atoms with Crippen molar-refractivity contribution < 1.29 is 9.84 Å². The zero-order chi connectivity index (χ0) is 9.73. The highest BCUT2D eigenvalue weighted by Crippen LogP contribution is 2.21. The van der Waals surface area contributed by atoms with Crippen LogP contribution in [0.5, 0.6) is 0 Å². The maximum atomic E-state index is 10.1. The van der Waals surface area contributed by atoms with Gasteiger partial charge in [-0.1, -0.05) is 0 Å². The van der Waals surface area contributed by atoms with Crippen molar-refractivity contribution in [2.24, 2.45) is 0 Å². The Morgan fingerprint density at radius 2 is 2.15 bits per heavy atom. The second kappa shape index (κ2) is 4.94. The molecule has 1 N–H and O–H groups in total. The first-order valence-corrected chi connectivity index (χ1v) is 5.15. The number of hydrogen-bond acceptors (Lipinski definition) is 3. The molecule has 0 aliphatic carbocycles. The van der Waals surface area contributed by atoms with Crippen molar-refractivity contribution in [2.75, 3.05) is 33.4 Å². The molecule has 0 aromatic rings. The smallest absolute Gasteiger partial charge is 0.0892 e. The molecule has 0 aromatic heterocycles. The Morgan fingerprint density at radius 3 is 2.85 bits per heavy atom. The topological polar surface area (TPSA) is 32.7 Å². The van der Waals surface area contributed by atoms with Crippen molar-refractivity contribution in [3.63, 3.8) is 0 Å². The molecule has 1 aliphatic heterocycles. The van der Waals surface area contributed by atoms with Crippen molar-refractivity contribution in [1.82, 2.24) is 4.90 Å². The van der Waals surface area contributed by atoms with E-state index in [1.807, 2.05) is 6.92 Å². The SMILES string of the molecule is CCOCC1(O)CCCN(C)CC1. The predicted molar refractivity (Wildman–Crippen MR) is 52.8 cm³/mol. The fourth-order valence-electron chi connectivity index (χ4n) is 1.75. The van der Waals surface area contributed by atoms with E-state index < -0.39 is 5.60 Å². The molecule has 13 heavy (non-hydrogen) atoms. The molecule has 0 radical (unpaired) electrons. The van der Waals surface area contributed by atoms with E-state index in [1.54, 1.807) is 0 Å². The molecule has 1 unspecified atom stereocenters. The number of rotatable bonds is 3. The van der Waals surface area contributed by atoms with Crippen LogP contribution in [0.4, 0.5) is 0 Å². The summed E-state index contributed by atoms with van der Waals surface area (Å²) in [6.07, 6.45) is 2.78. The Labute approximate surface area is 80.7 Å². The minimum Gasteiger partial charge on any atom is -0.387 e. The largest absolute Gasteiger partial charge is 0.387 e. The molecule has 1 atom stereocenters. The van der Waals surface area contributed by atoms with Crippen LogP contribution in [0.15, 0.2) is 0 Å². The van der Waals surface area contributed by atoms with Gasteiger partial charge in [-0.2, -0.15) is 0 Å². The quantitative estimate of drug-likeness (QED) is 0.711. The summed E-state index contributed by atoms with van der Waals surface area (Å²) in [6.45, 7) is 5.22. The van der Waals surface area contributed by atoms with Crippen LogP contribution >= 0.6 is 0 Å². The molecule has 1 saturated heterocycles. The lowest BCUT2D eigenvalue weighted by Crippen LogP contribution is -2.35. The molecule has 1 heterocycles. The second-order valence-electron chi connectivity index (χ2n) is 4.02. The van der Waals surface area contributed by atoms with Gasteiger partial charge in [-0.15, -0.1) is 0 Å². The molecule has 0 amide bonds. The average molecular weight is 187 g/mol. The third-order valence-electron chi connectivity index (χ3n) is 2.72. The summed E-state index contributed by atoms with van der Waals surface area (Å²) in [6, 6.07) is 0. The maximum Gasteiger partial charge on any atom is 0.0892 e. The van der Waals surface area contributed by atoms with Crippen LogP contribution in [0, 0.1) is 0 Å². The molecule has 0 spiro atoms. The van der Waals surface area contributed by atoms with E-state index in [2.05, 4.69) is 11.9 Å². The van der Waals surface area contributed by atoms with E-state index in [1.165, 1.54) is 0 Å². The van der Waals surface area contributed by atoms with Crippen LogP contribution in [-0.2, 0) is 4.74 Å². The lowest BCUT2D eigenvalue weighted by molar-refractivity contribution is -0.0519. The van der Waals surface area contributed by atoms with E-state index in [0.717, 1.165) is 32.4 Å². The third-order valence-corrected chi connectivity index (χ3v) is 2.72. The first kappa shape index (κ1) is 11.0. The number of likely N-dealkylation sites (tertiary alicyclic amines) is 1. The molecular weight excluding hydrogens is 166 g/mol. The lowest BCUT2D eigenvalue weighted by Gasteiger charge is -2.25. The molecule has 78 valence electrons. The van der Waals surface area contributed by atoms with Crippen molar-refractivity contribution in [2.45, 2.75) is 31.8 Å². The van der Waals surface area contributed by atoms with Gasteiger partial charge in [0.2, 0.25) is 0 Å². The van der Waals surface area contributed by atoms with Gasteiger partial charge in [0.25, 0.3) is 0 Å². The van der Waals surface area contributed by atoms with Crippen molar-refractivity contribution in [3.8, 4) is 0 Å². The van der Waals surface area contributed by atoms with Crippen LogP contribution < -0.4 is 0 Å². The third kappa shape index (κ3) is 3.63. The average Bonchev–Trinajstić information content (AvgIpc) is 2.27. The van der Waals surface area contributed by atoms with Crippen LogP contribution in [0.25, 0.3) is 0 Å². The highest BCUT2D eigenvalue weighted by Gasteiger charge is 2.29. The molecule has 3 nitrogen and oxygen atoms in total. The van der Waals surface area contributed by atoms with E-state index in [0.29, 0.717) is 13.2 Å². The van der Waals surface area contributed by atoms with Gasteiger partial charge in [-0.05, 0) is 39.8 Å². The van der Waals surface area contributed by atoms with E-state index in [-0.39, 0.29) is 0 Å². The van der Waals surface area contributed by atoms with Crippen LogP contribution in [0.3, 0.4) is 0 Å². The molecule has 3 heteroatoms. The molecular formula is C10H21NO2. The number of nitrogens with zero attached hydrogens (tertiary/aromatic N) is 1. The molecule has 0 aromatic carbocycles. The highest BCUT2D eigenvalue weighted by molar-refractivity contribution is 4.82. The summed E-state index contributed by atoms with van der Waals surface area (Å²) in [5.74, 6) is 0. The van der Waals surface area contributed by atoms with Gasteiger partial charge in [0.05, 0.1) is 12.2 Å². The minimum atomic E-state index is -0.569. The number of aliphatic hydroxyl groups is 1. The molecule has 1 rings (SSSR count). The molecule has 0 bridgehead atoms. The standard InChI is InChI=1S/C10H21NO2/c1-3-13-9-10(12)5-4-7-11(2)8-6-10/h12H,3-9H2,1-2H3. The summed E-state index contributed by atoms with van der Waals surface area (Å²) in [5, 5.41) is 10.1. The number of hydrogen-bond donors (Lipinski definition) is 1. The maximum absolute atomic E-state index is 10.1. The Kier molecular flexibility index (Phi) is 4.16. The highest BCUT2D eigenvalue weighted by atomic mass is 16.5. The second-order valence-corrected chi connectivity index (χ2v) is 4.02. The number of ether oxygens (including phenoxy) is 1. The van der Waals surface area contributed by atoms with Gasteiger partial charge >= 0.3 is 0 Å². The summed E-state index contributed by atoms with van der Waals surface area (Å²) >= 11 is 0. The van der Waals surface area contributed by atoms with Gasteiger partial charge in [0.1, 0.15) is 0 Å². The molecule has 1 fully saturated rings. The van der Waals surface area contributed by atoms with E-state index >= 15 is 0 Å². The summed E-state index contributed by atoms with van der Waals surface area (Å²) in [4.78, 5) is 2.27. The lowest BCUT2D eigenvalue weighted by atomic mass is 9.96. The Balaban J connectivity index is 2.37. The zero-order valence-corrected chi connectivity index (χ0v) is 8.75. The van der Waals surface area contributed by atoms with Crippen LogP contribution in [-0.4, -0.2) is 49.0 Å². The van der Waals surface area contributed by atoms with Gasteiger partial charge in [-0.3, -0.25) is 0 Å². The van der Waals surface area contributed by atoms with Crippen LogP contribution in [0.2, 0.25) is 0 Å². The van der Waals surface area contributed by atoms with Gasteiger partial charge in [0.15, 0.2) is 0 Å². The zero-order valence-electron chi connectivity index (χ0n) is 8.75. The molecule has 1 aliphatic rings. The van der Waals surface area contributed by atoms with E-state index in [9.17, 15) is 5.11 Å². The van der Waals surface area contributed by atoms with Crippen molar-refractivity contribution in [1.29, 1.82) is 0 Å². The molecule has 0 saturated carbocycles. The van der Waals surface area contributed by atoms with Gasteiger partial charge in [-0.25, -0.2) is 0 Å². The predicted octanol–water partition coefficient (Wildman–Crippen LogP) is 0.870. The fraction of sp³-hybridized carbons (Fsp3) is 1.00. The van der Waals surface area contributed by atoms with Crippen molar-refractivity contribution in [3.05, 3.63) is 0 Å².